The Bertz CT molecular complexity index is 125. The highest BCUT2D eigenvalue weighted by atomic mass is 127. The van der Waals surface area contributed by atoms with Crippen molar-refractivity contribution in [3.63, 3.8) is 0 Å². The van der Waals surface area contributed by atoms with Crippen LogP contribution in [0.3, 0.4) is 0 Å². The Balaban J connectivity index is 3.46. The Morgan fingerprint density at radius 2 is 2.50 bits per heavy atom. The van der Waals surface area contributed by atoms with E-state index in [1.54, 1.807) is 6.08 Å². The Kier molecular flexibility index (Phi) is 5.67. The fraction of sp³-hybridized carbons (Fsp3) is 0.571. The second-order valence-corrected chi connectivity index (χ2v) is 2.89. The third kappa shape index (κ3) is 4.78. The lowest BCUT2D eigenvalue weighted by atomic mass is 10.2. The van der Waals surface area contributed by atoms with Crippen LogP contribution < -0.4 is 5.32 Å². The van der Waals surface area contributed by atoms with Crippen LogP contribution in [0.1, 0.15) is 13.3 Å². The highest BCUT2D eigenvalue weighted by Crippen LogP contribution is 1.91. The van der Waals surface area contributed by atoms with Crippen molar-refractivity contribution in [2.75, 3.05) is 4.43 Å². The Labute approximate surface area is 75.2 Å². The number of alkyl halides is 1. The van der Waals surface area contributed by atoms with Crippen molar-refractivity contribution >= 4 is 28.5 Å². The molecule has 0 rings (SSSR count). The summed E-state index contributed by atoms with van der Waals surface area (Å²) in [6, 6.07) is 0.222. The van der Waals surface area contributed by atoms with Gasteiger partial charge < -0.3 is 5.32 Å². The van der Waals surface area contributed by atoms with E-state index in [-0.39, 0.29) is 11.9 Å². The molecule has 1 amide bonds. The Morgan fingerprint density at radius 1 is 1.90 bits per heavy atom. The summed E-state index contributed by atoms with van der Waals surface area (Å²) in [6.45, 7) is 5.54. The lowest BCUT2D eigenvalue weighted by molar-refractivity contribution is -0.118. The fourth-order valence-corrected chi connectivity index (χ4v) is 0.843. The molecule has 0 aromatic rings. The van der Waals surface area contributed by atoms with Gasteiger partial charge in [-0.3, -0.25) is 4.79 Å². The predicted octanol–water partition coefficient (Wildman–Crippen LogP) is 1.50. The van der Waals surface area contributed by atoms with Gasteiger partial charge in [-0.1, -0.05) is 28.7 Å². The SMILES string of the molecule is C=CCC(C)NC(=O)CI. The molecule has 1 atom stereocenters. The molecular formula is C7H12INO. The number of carbonyl (C=O) groups is 1. The van der Waals surface area contributed by atoms with E-state index in [0.717, 1.165) is 6.42 Å². The summed E-state index contributed by atoms with van der Waals surface area (Å²) >= 11 is 2.04. The highest BCUT2D eigenvalue weighted by molar-refractivity contribution is 14.1. The maximum atomic E-state index is 10.7. The van der Waals surface area contributed by atoms with Gasteiger partial charge in [0.2, 0.25) is 5.91 Å². The van der Waals surface area contributed by atoms with Gasteiger partial charge in [0.15, 0.2) is 0 Å². The zero-order valence-corrected chi connectivity index (χ0v) is 8.22. The molecule has 3 heteroatoms. The molecule has 58 valence electrons. The van der Waals surface area contributed by atoms with E-state index in [1.165, 1.54) is 0 Å². The monoisotopic (exact) mass is 253 g/mol. The minimum Gasteiger partial charge on any atom is -0.353 e. The number of carbonyl (C=O) groups excluding carboxylic acids is 1. The van der Waals surface area contributed by atoms with Crippen LogP contribution in [0.5, 0.6) is 0 Å². The first-order valence-corrected chi connectivity index (χ1v) is 4.69. The van der Waals surface area contributed by atoms with E-state index in [9.17, 15) is 4.79 Å². The van der Waals surface area contributed by atoms with E-state index >= 15 is 0 Å². The van der Waals surface area contributed by atoms with Crippen molar-refractivity contribution in [3.05, 3.63) is 12.7 Å². The van der Waals surface area contributed by atoms with Crippen LogP contribution in [0.25, 0.3) is 0 Å². The van der Waals surface area contributed by atoms with Gasteiger partial charge in [-0.25, -0.2) is 0 Å². The van der Waals surface area contributed by atoms with Gasteiger partial charge in [0.1, 0.15) is 0 Å². The van der Waals surface area contributed by atoms with Crippen molar-refractivity contribution in [2.45, 2.75) is 19.4 Å². The summed E-state index contributed by atoms with van der Waals surface area (Å²) in [7, 11) is 0. The first-order valence-electron chi connectivity index (χ1n) is 3.17. The molecule has 0 saturated heterocycles. The van der Waals surface area contributed by atoms with Crippen LogP contribution in [0.2, 0.25) is 0 Å². The summed E-state index contributed by atoms with van der Waals surface area (Å²) in [6.07, 6.45) is 2.64. The normalized spacial score (nSPS) is 12.2. The number of rotatable bonds is 4. The molecule has 10 heavy (non-hydrogen) atoms. The average Bonchev–Trinajstić information content (AvgIpc) is 1.88. The van der Waals surface area contributed by atoms with Crippen molar-refractivity contribution in [1.82, 2.24) is 5.32 Å². The van der Waals surface area contributed by atoms with E-state index in [1.807, 2.05) is 29.5 Å². The van der Waals surface area contributed by atoms with Crippen molar-refractivity contribution < 1.29 is 4.79 Å². The molecule has 0 fully saturated rings. The summed E-state index contributed by atoms with van der Waals surface area (Å²) in [5.41, 5.74) is 0. The highest BCUT2D eigenvalue weighted by Gasteiger charge is 2.01. The summed E-state index contributed by atoms with van der Waals surface area (Å²) in [5, 5.41) is 2.81. The summed E-state index contributed by atoms with van der Waals surface area (Å²) in [5.74, 6) is 0.0925. The molecule has 0 aromatic carbocycles. The molecular weight excluding hydrogens is 241 g/mol. The number of nitrogens with one attached hydrogen (secondary N) is 1. The maximum Gasteiger partial charge on any atom is 0.230 e. The van der Waals surface area contributed by atoms with Crippen LogP contribution in [-0.4, -0.2) is 16.4 Å². The van der Waals surface area contributed by atoms with Crippen LogP contribution in [-0.2, 0) is 4.79 Å². The van der Waals surface area contributed by atoms with Crippen LogP contribution >= 0.6 is 22.6 Å². The van der Waals surface area contributed by atoms with Gasteiger partial charge >= 0.3 is 0 Å². The summed E-state index contributed by atoms with van der Waals surface area (Å²) in [4.78, 5) is 10.7. The zero-order chi connectivity index (χ0) is 7.98. The fourth-order valence-electron chi connectivity index (χ4n) is 0.622. The lowest BCUT2D eigenvalue weighted by Crippen LogP contribution is -2.32. The minimum atomic E-state index is 0.0925. The van der Waals surface area contributed by atoms with Gasteiger partial charge in [-0.2, -0.15) is 0 Å². The molecule has 1 unspecified atom stereocenters. The lowest BCUT2D eigenvalue weighted by Gasteiger charge is -2.09. The third-order valence-corrected chi connectivity index (χ3v) is 1.74. The smallest absolute Gasteiger partial charge is 0.230 e. The van der Waals surface area contributed by atoms with Crippen molar-refractivity contribution in [2.24, 2.45) is 0 Å². The largest absolute Gasteiger partial charge is 0.353 e. The topological polar surface area (TPSA) is 29.1 Å². The number of halogens is 1. The first-order chi connectivity index (χ1) is 4.70. The maximum absolute atomic E-state index is 10.7. The first kappa shape index (κ1) is 9.94. The Morgan fingerprint density at radius 3 is 2.90 bits per heavy atom. The molecule has 2 nitrogen and oxygen atoms in total. The molecule has 0 saturated carbocycles. The molecule has 0 heterocycles. The molecule has 0 spiro atoms. The second kappa shape index (κ2) is 5.70. The quantitative estimate of drug-likeness (QED) is 0.459. The van der Waals surface area contributed by atoms with Crippen LogP contribution in [0.4, 0.5) is 0 Å². The molecule has 0 aromatic heterocycles. The second-order valence-electron chi connectivity index (χ2n) is 2.13. The van der Waals surface area contributed by atoms with E-state index in [0.29, 0.717) is 4.43 Å². The van der Waals surface area contributed by atoms with Crippen LogP contribution in [0, 0.1) is 0 Å². The summed E-state index contributed by atoms with van der Waals surface area (Å²) < 4.78 is 0.527. The third-order valence-electron chi connectivity index (χ3n) is 1.05. The minimum absolute atomic E-state index is 0.0925. The van der Waals surface area contributed by atoms with E-state index in [2.05, 4.69) is 11.9 Å². The average molecular weight is 253 g/mol. The number of hydrogen-bond donors (Lipinski definition) is 1. The van der Waals surface area contributed by atoms with Crippen molar-refractivity contribution in [1.29, 1.82) is 0 Å². The number of amides is 1. The molecule has 0 radical (unpaired) electrons. The predicted molar refractivity (Wildman–Crippen MR) is 51.3 cm³/mol. The molecule has 0 aliphatic rings. The van der Waals surface area contributed by atoms with Gasteiger partial charge in [-0.05, 0) is 13.3 Å². The van der Waals surface area contributed by atoms with Crippen molar-refractivity contribution in [3.8, 4) is 0 Å². The number of hydrogen-bond acceptors (Lipinski definition) is 1. The molecule has 0 aliphatic heterocycles. The molecule has 0 bridgehead atoms. The standard InChI is InChI=1S/C7H12INO/c1-3-4-6(2)9-7(10)5-8/h3,6H,1,4-5H2,2H3,(H,9,10). The molecule has 1 N–H and O–H groups in total. The van der Waals surface area contributed by atoms with Gasteiger partial charge in [0.05, 0.1) is 4.43 Å². The zero-order valence-electron chi connectivity index (χ0n) is 6.06. The van der Waals surface area contributed by atoms with E-state index in [4.69, 9.17) is 0 Å². The van der Waals surface area contributed by atoms with Crippen LogP contribution in [0.15, 0.2) is 12.7 Å². The van der Waals surface area contributed by atoms with Gasteiger partial charge in [0.25, 0.3) is 0 Å². The van der Waals surface area contributed by atoms with Gasteiger partial charge in [-0.15, -0.1) is 6.58 Å². The van der Waals surface area contributed by atoms with Gasteiger partial charge in [0, 0.05) is 6.04 Å². The Hall–Kier alpha value is -0.0600. The molecule has 0 aliphatic carbocycles. The van der Waals surface area contributed by atoms with E-state index < -0.39 is 0 Å².